The zero-order valence-corrected chi connectivity index (χ0v) is 21.5. The predicted molar refractivity (Wildman–Crippen MR) is 139 cm³/mol. The molecule has 8 heteroatoms. The number of aryl methyl sites for hydroxylation is 1. The van der Waals surface area contributed by atoms with Crippen LogP contribution in [0.4, 0.5) is 5.69 Å². The molecule has 1 amide bonds. The third-order valence-electron chi connectivity index (χ3n) is 7.43. The number of ether oxygens (including phenoxy) is 1. The molecule has 0 radical (unpaired) electrons. The van der Waals surface area contributed by atoms with Crippen LogP contribution in [0, 0.1) is 6.92 Å². The van der Waals surface area contributed by atoms with Crippen LogP contribution in [0.5, 0.6) is 5.75 Å². The summed E-state index contributed by atoms with van der Waals surface area (Å²) in [6.45, 7) is 6.07. The zero-order chi connectivity index (χ0) is 25.6. The number of fused-ring (bicyclic) bond motifs is 6. The molecule has 0 saturated carbocycles. The lowest BCUT2D eigenvalue weighted by atomic mass is 9.82. The van der Waals surface area contributed by atoms with E-state index < -0.39 is 33.6 Å². The summed E-state index contributed by atoms with van der Waals surface area (Å²) in [4.78, 5) is 28.9. The first-order chi connectivity index (χ1) is 17.1. The molecule has 0 aromatic heterocycles. The first-order valence-corrected chi connectivity index (χ1v) is 13.1. The molecule has 184 valence electrons. The number of thioether (sulfide) groups is 1. The molecule has 2 aliphatic heterocycles. The standard InChI is InChI=1S/C28H25ClN2O4S/c1-13(2)15-8-10-17-20(12-15)35-28(34)18-5-4-6-19(30)22(18)25(32)27(17,28)31-26(33)24-23(29)16-9-7-14(3)11-21(16)36-24/h4-13,23-24,34H,30H2,1-3H3,(H,31,33). The maximum Gasteiger partial charge on any atom is 0.271 e. The van der Waals surface area contributed by atoms with Crippen LogP contribution in [0.15, 0.2) is 59.5 Å². The largest absolute Gasteiger partial charge is 0.454 e. The average molecular weight is 521 g/mol. The number of anilines is 1. The summed E-state index contributed by atoms with van der Waals surface area (Å²) in [7, 11) is 0. The van der Waals surface area contributed by atoms with E-state index in [1.807, 2.05) is 51.1 Å². The molecule has 1 aliphatic carbocycles. The van der Waals surface area contributed by atoms with Crippen molar-refractivity contribution in [2.45, 2.75) is 53.5 Å². The SMILES string of the molecule is Cc1ccc2c(c1)SC(C(=O)NC13C(=O)c4c(N)cccc4C1(O)Oc1cc(C(C)C)ccc13)C2Cl. The van der Waals surface area contributed by atoms with Gasteiger partial charge < -0.3 is 20.9 Å². The van der Waals surface area contributed by atoms with Gasteiger partial charge in [-0.3, -0.25) is 9.59 Å². The second-order valence-electron chi connectivity index (χ2n) is 9.98. The summed E-state index contributed by atoms with van der Waals surface area (Å²) in [5.74, 6) is -2.57. The topological polar surface area (TPSA) is 102 Å². The molecule has 6 nitrogen and oxygen atoms in total. The highest BCUT2D eigenvalue weighted by molar-refractivity contribution is 8.01. The number of halogens is 1. The fraction of sp³-hybridized carbons (Fsp3) is 0.286. The molecule has 4 atom stereocenters. The molecule has 3 aromatic rings. The third kappa shape index (κ3) is 2.91. The summed E-state index contributed by atoms with van der Waals surface area (Å²) in [6.07, 6.45) is 0. The van der Waals surface area contributed by atoms with E-state index in [1.165, 1.54) is 11.8 Å². The smallest absolute Gasteiger partial charge is 0.271 e. The summed E-state index contributed by atoms with van der Waals surface area (Å²) < 4.78 is 6.16. The van der Waals surface area contributed by atoms with E-state index in [1.54, 1.807) is 24.3 Å². The Kier molecular flexibility index (Phi) is 5.04. The van der Waals surface area contributed by atoms with Crippen LogP contribution >= 0.6 is 23.4 Å². The van der Waals surface area contributed by atoms with Gasteiger partial charge in [0, 0.05) is 21.7 Å². The normalized spacial score (nSPS) is 27.3. The van der Waals surface area contributed by atoms with Crippen LogP contribution in [0.2, 0.25) is 0 Å². The molecule has 4 unspecified atom stereocenters. The van der Waals surface area contributed by atoms with E-state index in [4.69, 9.17) is 22.1 Å². The summed E-state index contributed by atoms with van der Waals surface area (Å²) in [6, 6.07) is 16.2. The Bertz CT molecular complexity index is 1470. The minimum atomic E-state index is -2.16. The average Bonchev–Trinajstić information content (AvgIpc) is 3.36. The van der Waals surface area contributed by atoms with Gasteiger partial charge in [0.1, 0.15) is 11.0 Å². The number of aliphatic hydroxyl groups is 1. The van der Waals surface area contributed by atoms with E-state index >= 15 is 0 Å². The van der Waals surface area contributed by atoms with Gasteiger partial charge in [-0.25, -0.2) is 0 Å². The number of rotatable bonds is 3. The van der Waals surface area contributed by atoms with Crippen molar-refractivity contribution in [2.75, 3.05) is 5.73 Å². The van der Waals surface area contributed by atoms with Crippen LogP contribution in [0.3, 0.4) is 0 Å². The van der Waals surface area contributed by atoms with Crippen molar-refractivity contribution in [2.24, 2.45) is 0 Å². The number of Topliss-reactive ketones (excluding diaryl/α,β-unsaturated/α-hetero) is 1. The van der Waals surface area contributed by atoms with Crippen molar-refractivity contribution < 1.29 is 19.4 Å². The number of benzene rings is 3. The van der Waals surface area contributed by atoms with Gasteiger partial charge in [-0.1, -0.05) is 50.2 Å². The lowest BCUT2D eigenvalue weighted by molar-refractivity contribution is -0.175. The fourth-order valence-electron chi connectivity index (χ4n) is 5.52. The number of nitrogens with two attached hydrogens (primary N) is 1. The van der Waals surface area contributed by atoms with Crippen molar-refractivity contribution >= 4 is 40.7 Å². The summed E-state index contributed by atoms with van der Waals surface area (Å²) >= 11 is 8.10. The maximum atomic E-state index is 14.1. The molecule has 2 heterocycles. The minimum Gasteiger partial charge on any atom is -0.454 e. The predicted octanol–water partition coefficient (Wildman–Crippen LogP) is 4.90. The molecule has 3 aromatic carbocycles. The molecule has 0 saturated heterocycles. The number of carbonyl (C=O) groups excluding carboxylic acids is 2. The number of alkyl halides is 1. The number of carbonyl (C=O) groups is 2. The first-order valence-electron chi connectivity index (χ1n) is 11.8. The van der Waals surface area contributed by atoms with E-state index in [9.17, 15) is 14.7 Å². The summed E-state index contributed by atoms with van der Waals surface area (Å²) in [5.41, 5.74) is 8.21. The van der Waals surface area contributed by atoms with Crippen molar-refractivity contribution in [3.63, 3.8) is 0 Å². The molecule has 36 heavy (non-hydrogen) atoms. The number of ketones is 1. The Balaban J connectivity index is 1.48. The molecule has 0 spiro atoms. The molecule has 4 N–H and O–H groups in total. The Morgan fingerprint density at radius 3 is 2.69 bits per heavy atom. The molecule has 3 aliphatic rings. The number of hydrogen-bond donors (Lipinski definition) is 3. The highest BCUT2D eigenvalue weighted by Crippen LogP contribution is 2.60. The number of nitrogens with one attached hydrogen (secondary N) is 1. The second kappa shape index (κ2) is 7.75. The Morgan fingerprint density at radius 1 is 1.17 bits per heavy atom. The Morgan fingerprint density at radius 2 is 1.94 bits per heavy atom. The highest BCUT2D eigenvalue weighted by atomic mass is 35.5. The molecular formula is C28H25ClN2O4S. The molecule has 0 bridgehead atoms. The van der Waals surface area contributed by atoms with Crippen LogP contribution in [0.1, 0.15) is 63.3 Å². The minimum absolute atomic E-state index is 0.152. The van der Waals surface area contributed by atoms with E-state index in [0.717, 1.165) is 21.6 Å². The van der Waals surface area contributed by atoms with Gasteiger partial charge in [0.25, 0.3) is 5.79 Å². The van der Waals surface area contributed by atoms with Crippen molar-refractivity contribution in [3.8, 4) is 5.75 Å². The second-order valence-corrected chi connectivity index (χ2v) is 11.6. The molecule has 0 fully saturated rings. The van der Waals surface area contributed by atoms with Gasteiger partial charge in [0.05, 0.1) is 10.9 Å². The van der Waals surface area contributed by atoms with Crippen molar-refractivity contribution in [3.05, 3.63) is 88.0 Å². The Labute approximate surface area is 218 Å². The van der Waals surface area contributed by atoms with Crippen LogP contribution < -0.4 is 15.8 Å². The van der Waals surface area contributed by atoms with Gasteiger partial charge in [0.2, 0.25) is 17.2 Å². The van der Waals surface area contributed by atoms with Crippen molar-refractivity contribution in [1.82, 2.24) is 5.32 Å². The van der Waals surface area contributed by atoms with Crippen molar-refractivity contribution in [1.29, 1.82) is 0 Å². The van der Waals surface area contributed by atoms with Gasteiger partial charge >= 0.3 is 0 Å². The van der Waals surface area contributed by atoms with Crippen LogP contribution in [-0.4, -0.2) is 22.0 Å². The highest BCUT2D eigenvalue weighted by Gasteiger charge is 2.72. The lowest BCUT2D eigenvalue weighted by Gasteiger charge is -2.35. The lowest BCUT2D eigenvalue weighted by Crippen LogP contribution is -2.61. The molecular weight excluding hydrogens is 496 g/mol. The van der Waals surface area contributed by atoms with Gasteiger partial charge in [0.15, 0.2) is 0 Å². The zero-order valence-electron chi connectivity index (χ0n) is 20.0. The first kappa shape index (κ1) is 23.4. The summed E-state index contributed by atoms with van der Waals surface area (Å²) in [5, 5.41) is 13.7. The molecule has 6 rings (SSSR count). The van der Waals surface area contributed by atoms with E-state index in [0.29, 0.717) is 11.3 Å². The van der Waals surface area contributed by atoms with E-state index in [2.05, 4.69) is 5.32 Å². The Hall–Kier alpha value is -3.00. The van der Waals surface area contributed by atoms with Gasteiger partial charge in [-0.2, -0.15) is 0 Å². The van der Waals surface area contributed by atoms with Gasteiger partial charge in [-0.15, -0.1) is 23.4 Å². The quantitative estimate of drug-likeness (QED) is 0.335. The van der Waals surface area contributed by atoms with Gasteiger partial charge in [-0.05, 0) is 47.7 Å². The monoisotopic (exact) mass is 520 g/mol. The third-order valence-corrected chi connectivity index (χ3v) is 9.41. The number of nitrogen functional groups attached to an aromatic ring is 1. The van der Waals surface area contributed by atoms with E-state index in [-0.39, 0.29) is 22.7 Å². The van der Waals surface area contributed by atoms with Crippen LogP contribution in [0.25, 0.3) is 0 Å². The maximum absolute atomic E-state index is 14.1. The van der Waals surface area contributed by atoms with Crippen LogP contribution in [-0.2, 0) is 16.1 Å². The number of hydrogen-bond acceptors (Lipinski definition) is 6. The number of amides is 1. The fourth-order valence-corrected chi connectivity index (χ4v) is 7.33.